The number of ketones is 1. The summed E-state index contributed by atoms with van der Waals surface area (Å²) >= 11 is 0. The van der Waals surface area contributed by atoms with Crippen LogP contribution in [-0.4, -0.2) is 43.0 Å². The van der Waals surface area contributed by atoms with Gasteiger partial charge in [-0.15, -0.1) is 0 Å². The highest BCUT2D eigenvalue weighted by molar-refractivity contribution is 5.78. The van der Waals surface area contributed by atoms with Crippen LogP contribution in [0.25, 0.3) is 0 Å². The highest BCUT2D eigenvalue weighted by atomic mass is 16.6. The molecule has 0 N–H and O–H groups in total. The van der Waals surface area contributed by atoms with Gasteiger partial charge >= 0.3 is 17.9 Å². The number of hydrogen-bond acceptors (Lipinski definition) is 7. The third-order valence-corrected chi connectivity index (χ3v) is 5.33. The normalized spacial score (nSPS) is 23.9. The molecule has 1 rings (SSSR count). The molecule has 4 atom stereocenters. The van der Waals surface area contributed by atoms with Gasteiger partial charge in [0.25, 0.3) is 0 Å². The second-order valence-electron chi connectivity index (χ2n) is 7.51. The largest absolute Gasteiger partial charge is 0.469 e. The summed E-state index contributed by atoms with van der Waals surface area (Å²) in [6, 6.07) is 0. The Balaban J connectivity index is 2.85. The molecule has 0 aromatic heterocycles. The first-order chi connectivity index (χ1) is 13.3. The molecule has 1 fully saturated rings. The van der Waals surface area contributed by atoms with Crippen LogP contribution in [0.5, 0.6) is 0 Å². The number of carbonyl (C=O) groups excluding carboxylic acids is 4. The highest BCUT2D eigenvalue weighted by Crippen LogP contribution is 2.42. The Morgan fingerprint density at radius 2 is 1.36 bits per heavy atom. The summed E-state index contributed by atoms with van der Waals surface area (Å²) in [7, 11) is 1.33. The first-order valence-corrected chi connectivity index (χ1v) is 10.2. The molecule has 7 heteroatoms. The Morgan fingerprint density at radius 3 is 1.82 bits per heavy atom. The van der Waals surface area contributed by atoms with Crippen LogP contribution in [0.15, 0.2) is 0 Å². The molecule has 1 saturated carbocycles. The maximum Gasteiger partial charge on any atom is 0.305 e. The number of unbranched alkanes of at least 4 members (excludes halogenated alkanes) is 2. The molecule has 160 valence electrons. The average Bonchev–Trinajstić information content (AvgIpc) is 2.92. The van der Waals surface area contributed by atoms with Crippen LogP contribution in [0.4, 0.5) is 0 Å². The molecule has 7 nitrogen and oxygen atoms in total. The van der Waals surface area contributed by atoms with Crippen LogP contribution >= 0.6 is 0 Å². The second kappa shape index (κ2) is 12.5. The van der Waals surface area contributed by atoms with Crippen molar-refractivity contribution in [2.45, 2.75) is 90.8 Å². The maximum absolute atomic E-state index is 12.2. The van der Waals surface area contributed by atoms with E-state index >= 15 is 0 Å². The second-order valence-corrected chi connectivity index (χ2v) is 7.51. The van der Waals surface area contributed by atoms with Crippen LogP contribution in [-0.2, 0) is 33.4 Å². The lowest BCUT2D eigenvalue weighted by atomic mass is 9.85. The molecule has 0 bridgehead atoms. The van der Waals surface area contributed by atoms with Gasteiger partial charge in [-0.1, -0.05) is 19.8 Å². The van der Waals surface area contributed by atoms with E-state index < -0.39 is 24.1 Å². The molecule has 1 aliphatic carbocycles. The van der Waals surface area contributed by atoms with Crippen molar-refractivity contribution < 1.29 is 33.4 Å². The molecular formula is C21H34O7. The van der Waals surface area contributed by atoms with Crippen molar-refractivity contribution in [3.05, 3.63) is 0 Å². The van der Waals surface area contributed by atoms with Crippen molar-refractivity contribution in [3.63, 3.8) is 0 Å². The molecule has 4 unspecified atom stereocenters. The van der Waals surface area contributed by atoms with Crippen LogP contribution in [0.2, 0.25) is 0 Å². The van der Waals surface area contributed by atoms with Crippen molar-refractivity contribution in [1.82, 2.24) is 0 Å². The molecule has 28 heavy (non-hydrogen) atoms. The molecule has 0 aliphatic heterocycles. The Labute approximate surface area is 167 Å². The standard InChI is InChI=1S/C21H34O7/c1-5-6-7-8-16(24)9-10-17-18(11-12-21(25)26-4)20(28-15(3)23)13-19(17)27-14(2)22/h17-20H,5-13H2,1-4H3. The summed E-state index contributed by atoms with van der Waals surface area (Å²) in [5, 5.41) is 0. The van der Waals surface area contributed by atoms with Crippen molar-refractivity contribution >= 4 is 23.7 Å². The number of methoxy groups -OCH3 is 1. The fraction of sp³-hybridized carbons (Fsp3) is 0.810. The Bertz CT molecular complexity index is 543. The minimum absolute atomic E-state index is 0.131. The van der Waals surface area contributed by atoms with Gasteiger partial charge in [0.1, 0.15) is 18.0 Å². The highest BCUT2D eigenvalue weighted by Gasteiger charge is 2.46. The number of Topliss-reactive ketones (excluding diaryl/α,β-unsaturated/α-hetero) is 1. The van der Waals surface area contributed by atoms with E-state index in [9.17, 15) is 19.2 Å². The zero-order chi connectivity index (χ0) is 21.1. The lowest BCUT2D eigenvalue weighted by Gasteiger charge is -2.25. The van der Waals surface area contributed by atoms with Crippen LogP contribution in [0.1, 0.15) is 78.6 Å². The summed E-state index contributed by atoms with van der Waals surface area (Å²) in [5.74, 6) is -1.25. The molecule has 0 heterocycles. The minimum Gasteiger partial charge on any atom is -0.469 e. The summed E-state index contributed by atoms with van der Waals surface area (Å²) in [5.41, 5.74) is 0. The van der Waals surface area contributed by atoms with Gasteiger partial charge in [0, 0.05) is 51.4 Å². The third-order valence-electron chi connectivity index (χ3n) is 5.33. The predicted molar refractivity (Wildman–Crippen MR) is 102 cm³/mol. The van der Waals surface area contributed by atoms with Gasteiger partial charge < -0.3 is 14.2 Å². The van der Waals surface area contributed by atoms with E-state index in [1.54, 1.807) is 0 Å². The van der Waals surface area contributed by atoms with Crippen LogP contribution < -0.4 is 0 Å². The zero-order valence-corrected chi connectivity index (χ0v) is 17.5. The molecule has 0 radical (unpaired) electrons. The smallest absolute Gasteiger partial charge is 0.305 e. The number of esters is 3. The molecule has 0 aromatic rings. The number of ether oxygens (including phenoxy) is 3. The molecule has 0 aromatic carbocycles. The number of rotatable bonds is 12. The van der Waals surface area contributed by atoms with E-state index in [1.165, 1.54) is 21.0 Å². The summed E-state index contributed by atoms with van der Waals surface area (Å²) in [6.07, 6.45) is 4.64. The first-order valence-electron chi connectivity index (χ1n) is 10.2. The Morgan fingerprint density at radius 1 is 0.821 bits per heavy atom. The monoisotopic (exact) mass is 398 g/mol. The number of carbonyl (C=O) groups is 4. The first kappa shape index (κ1) is 24.1. The fourth-order valence-electron chi connectivity index (χ4n) is 4.04. The summed E-state index contributed by atoms with van der Waals surface area (Å²) < 4.78 is 15.6. The van der Waals surface area contributed by atoms with E-state index in [4.69, 9.17) is 14.2 Å². The van der Waals surface area contributed by atoms with Gasteiger partial charge in [0.2, 0.25) is 0 Å². The SMILES string of the molecule is CCCCCC(=O)CCC1C(OC(C)=O)CC(OC(C)=O)C1CCC(=O)OC. The topological polar surface area (TPSA) is 96.0 Å². The van der Waals surface area contributed by atoms with Crippen molar-refractivity contribution in [2.75, 3.05) is 7.11 Å². The summed E-state index contributed by atoms with van der Waals surface area (Å²) in [6.45, 7) is 4.77. The van der Waals surface area contributed by atoms with Gasteiger partial charge in [0.05, 0.1) is 7.11 Å². The molecule has 0 saturated heterocycles. The average molecular weight is 398 g/mol. The third kappa shape index (κ3) is 8.40. The molecule has 0 amide bonds. The number of hydrogen-bond donors (Lipinski definition) is 0. The molecule has 1 aliphatic rings. The Kier molecular flexibility index (Phi) is 10.8. The van der Waals surface area contributed by atoms with E-state index in [2.05, 4.69) is 6.92 Å². The Hall–Kier alpha value is -1.92. The fourth-order valence-corrected chi connectivity index (χ4v) is 4.04. The lowest BCUT2D eigenvalue weighted by molar-refractivity contribution is -0.149. The van der Waals surface area contributed by atoms with Gasteiger partial charge in [-0.25, -0.2) is 0 Å². The van der Waals surface area contributed by atoms with Gasteiger partial charge in [-0.05, 0) is 19.3 Å². The van der Waals surface area contributed by atoms with Gasteiger partial charge in [0.15, 0.2) is 0 Å². The van der Waals surface area contributed by atoms with Crippen LogP contribution in [0, 0.1) is 11.8 Å². The maximum atomic E-state index is 12.2. The van der Waals surface area contributed by atoms with E-state index in [0.29, 0.717) is 32.1 Å². The predicted octanol–water partition coefficient (Wildman–Crippen LogP) is 3.37. The van der Waals surface area contributed by atoms with Crippen molar-refractivity contribution in [1.29, 1.82) is 0 Å². The minimum atomic E-state index is -0.438. The van der Waals surface area contributed by atoms with Crippen LogP contribution in [0.3, 0.4) is 0 Å². The molecule has 0 spiro atoms. The van der Waals surface area contributed by atoms with Crippen molar-refractivity contribution in [3.8, 4) is 0 Å². The van der Waals surface area contributed by atoms with E-state index in [-0.39, 0.29) is 30.0 Å². The lowest BCUT2D eigenvalue weighted by Crippen LogP contribution is -2.28. The van der Waals surface area contributed by atoms with E-state index in [1.807, 2.05) is 0 Å². The van der Waals surface area contributed by atoms with E-state index in [0.717, 1.165) is 19.3 Å². The van der Waals surface area contributed by atoms with Gasteiger partial charge in [-0.3, -0.25) is 19.2 Å². The van der Waals surface area contributed by atoms with Gasteiger partial charge in [-0.2, -0.15) is 0 Å². The summed E-state index contributed by atoms with van der Waals surface area (Å²) in [4.78, 5) is 46.9. The quantitative estimate of drug-likeness (QED) is 0.282. The molecular weight excluding hydrogens is 364 g/mol. The van der Waals surface area contributed by atoms with Crippen molar-refractivity contribution in [2.24, 2.45) is 11.8 Å². The zero-order valence-electron chi connectivity index (χ0n) is 17.5.